The topological polar surface area (TPSA) is 67.9 Å². The van der Waals surface area contributed by atoms with Crippen LogP contribution in [0, 0.1) is 0 Å². The molecule has 1 atom stereocenters. The number of carbonyl (C=O) groups excluding carboxylic acids is 2. The number of amides is 2. The zero-order valence-electron chi connectivity index (χ0n) is 15.6. The van der Waals surface area contributed by atoms with E-state index in [0.717, 1.165) is 18.4 Å². The molecule has 2 aromatic rings. The molecule has 1 heterocycles. The summed E-state index contributed by atoms with van der Waals surface area (Å²) in [5.41, 5.74) is 1.55. The number of hydrogen-bond acceptors (Lipinski definition) is 4. The zero-order chi connectivity index (χ0) is 19.2. The lowest BCUT2D eigenvalue weighted by Crippen LogP contribution is -2.39. The van der Waals surface area contributed by atoms with Crippen LogP contribution in [0.5, 0.6) is 11.5 Å². The van der Waals surface area contributed by atoms with Crippen molar-refractivity contribution in [3.05, 3.63) is 59.7 Å². The fourth-order valence-corrected chi connectivity index (χ4v) is 3.42. The Morgan fingerprint density at radius 2 is 1.81 bits per heavy atom. The maximum absolute atomic E-state index is 12.7. The number of carbonyl (C=O) groups is 2. The molecule has 0 aromatic heterocycles. The van der Waals surface area contributed by atoms with Crippen LogP contribution in [0.15, 0.2) is 48.5 Å². The highest BCUT2D eigenvalue weighted by molar-refractivity contribution is 5.96. The Labute approximate surface area is 159 Å². The largest absolute Gasteiger partial charge is 0.493 e. The third-order valence-electron chi connectivity index (χ3n) is 4.80. The quantitative estimate of drug-likeness (QED) is 0.851. The first kappa shape index (κ1) is 18.8. The summed E-state index contributed by atoms with van der Waals surface area (Å²) in [6.45, 7) is 0.663. The molecule has 1 saturated heterocycles. The van der Waals surface area contributed by atoms with Crippen LogP contribution in [-0.4, -0.2) is 44.0 Å². The van der Waals surface area contributed by atoms with E-state index in [2.05, 4.69) is 5.32 Å². The number of ether oxygens (including phenoxy) is 2. The van der Waals surface area contributed by atoms with E-state index in [1.807, 2.05) is 29.2 Å². The zero-order valence-corrected chi connectivity index (χ0v) is 15.6. The second-order valence-corrected chi connectivity index (χ2v) is 6.41. The van der Waals surface area contributed by atoms with Gasteiger partial charge in [0.15, 0.2) is 11.5 Å². The maximum atomic E-state index is 12.7. The molecule has 142 valence electrons. The third-order valence-corrected chi connectivity index (χ3v) is 4.80. The molecule has 6 heteroatoms. The Hall–Kier alpha value is -3.02. The summed E-state index contributed by atoms with van der Waals surface area (Å²) in [7, 11) is 3.19. The Bertz CT molecular complexity index is 807. The molecule has 0 aliphatic carbocycles. The van der Waals surface area contributed by atoms with Gasteiger partial charge in [0.2, 0.25) is 5.91 Å². The number of nitrogens with zero attached hydrogens (tertiary/aromatic N) is 1. The van der Waals surface area contributed by atoms with E-state index in [4.69, 9.17) is 9.47 Å². The molecule has 27 heavy (non-hydrogen) atoms. The lowest BCUT2D eigenvalue weighted by Gasteiger charge is -2.26. The first-order chi connectivity index (χ1) is 13.1. The molecular weight excluding hydrogens is 344 g/mol. The molecule has 0 unspecified atom stereocenters. The summed E-state index contributed by atoms with van der Waals surface area (Å²) in [5.74, 6) is 0.973. The van der Waals surface area contributed by atoms with Crippen molar-refractivity contribution >= 4 is 11.8 Å². The van der Waals surface area contributed by atoms with E-state index < -0.39 is 0 Å². The Morgan fingerprint density at radius 1 is 1.07 bits per heavy atom. The van der Waals surface area contributed by atoms with Crippen LogP contribution in [-0.2, 0) is 4.79 Å². The molecule has 2 amide bonds. The summed E-state index contributed by atoms with van der Waals surface area (Å²) < 4.78 is 10.7. The van der Waals surface area contributed by atoms with E-state index in [1.165, 1.54) is 0 Å². The van der Waals surface area contributed by atoms with E-state index in [1.54, 1.807) is 38.5 Å². The fraction of sp³-hybridized carbons (Fsp3) is 0.333. The average Bonchev–Trinajstić information content (AvgIpc) is 3.21. The van der Waals surface area contributed by atoms with E-state index in [0.29, 0.717) is 23.6 Å². The predicted octanol–water partition coefficient (Wildman–Crippen LogP) is 2.80. The molecule has 1 N–H and O–H groups in total. The number of hydrogen-bond donors (Lipinski definition) is 1. The minimum atomic E-state index is -0.245. The van der Waals surface area contributed by atoms with Crippen molar-refractivity contribution in [3.63, 3.8) is 0 Å². The van der Waals surface area contributed by atoms with Gasteiger partial charge < -0.3 is 19.7 Å². The molecule has 0 saturated carbocycles. The lowest BCUT2D eigenvalue weighted by atomic mass is 10.0. The standard InChI is InChI=1S/C21H24N2O4/c1-26-18-11-10-16(13-19(18)27-2)17-9-6-12-23(17)20(24)14-22-21(25)15-7-4-3-5-8-15/h3-5,7-8,10-11,13,17H,6,9,12,14H2,1-2H3,(H,22,25)/t17-/m1/s1. The number of benzene rings is 2. The van der Waals surface area contributed by atoms with Gasteiger partial charge in [0.1, 0.15) is 0 Å². The third kappa shape index (κ3) is 4.22. The lowest BCUT2D eigenvalue weighted by molar-refractivity contribution is -0.131. The highest BCUT2D eigenvalue weighted by Crippen LogP contribution is 2.36. The second-order valence-electron chi connectivity index (χ2n) is 6.41. The smallest absolute Gasteiger partial charge is 0.251 e. The highest BCUT2D eigenvalue weighted by atomic mass is 16.5. The monoisotopic (exact) mass is 368 g/mol. The molecular formula is C21H24N2O4. The van der Waals surface area contributed by atoms with Crippen molar-refractivity contribution in [2.45, 2.75) is 18.9 Å². The summed E-state index contributed by atoms with van der Waals surface area (Å²) in [4.78, 5) is 26.7. The molecule has 0 spiro atoms. The molecule has 6 nitrogen and oxygen atoms in total. The number of methoxy groups -OCH3 is 2. The van der Waals surface area contributed by atoms with Crippen LogP contribution in [0.3, 0.4) is 0 Å². The van der Waals surface area contributed by atoms with Crippen LogP contribution in [0.25, 0.3) is 0 Å². The molecule has 3 rings (SSSR count). The van der Waals surface area contributed by atoms with Crippen molar-refractivity contribution < 1.29 is 19.1 Å². The average molecular weight is 368 g/mol. The molecule has 1 aliphatic heterocycles. The summed E-state index contributed by atoms with van der Waals surface area (Å²) >= 11 is 0. The fourth-order valence-electron chi connectivity index (χ4n) is 3.42. The summed E-state index contributed by atoms with van der Waals surface area (Å²) in [6, 6.07) is 14.6. The van der Waals surface area contributed by atoms with Gasteiger partial charge in [-0.1, -0.05) is 24.3 Å². The first-order valence-electron chi connectivity index (χ1n) is 8.98. The summed E-state index contributed by atoms with van der Waals surface area (Å²) in [6.07, 6.45) is 1.81. The minimum absolute atomic E-state index is 0.0164. The van der Waals surface area contributed by atoms with E-state index in [-0.39, 0.29) is 24.4 Å². The van der Waals surface area contributed by atoms with Crippen LogP contribution < -0.4 is 14.8 Å². The minimum Gasteiger partial charge on any atom is -0.493 e. The first-order valence-corrected chi connectivity index (χ1v) is 8.98. The number of nitrogens with one attached hydrogen (secondary N) is 1. The molecule has 1 fully saturated rings. The van der Waals surface area contributed by atoms with Crippen molar-refractivity contribution in [1.82, 2.24) is 10.2 Å². The van der Waals surface area contributed by atoms with Crippen molar-refractivity contribution in [1.29, 1.82) is 0 Å². The van der Waals surface area contributed by atoms with Crippen LogP contribution >= 0.6 is 0 Å². The molecule has 2 aromatic carbocycles. The number of likely N-dealkylation sites (tertiary alicyclic amines) is 1. The predicted molar refractivity (Wildman–Crippen MR) is 102 cm³/mol. The Morgan fingerprint density at radius 3 is 2.52 bits per heavy atom. The van der Waals surface area contributed by atoms with Gasteiger partial charge in [-0.25, -0.2) is 0 Å². The van der Waals surface area contributed by atoms with Crippen LogP contribution in [0.4, 0.5) is 0 Å². The van der Waals surface area contributed by atoms with Gasteiger partial charge in [-0.3, -0.25) is 9.59 Å². The van der Waals surface area contributed by atoms with E-state index >= 15 is 0 Å². The van der Waals surface area contributed by atoms with Gasteiger partial charge in [-0.05, 0) is 42.7 Å². The van der Waals surface area contributed by atoms with Crippen LogP contribution in [0.1, 0.15) is 34.8 Å². The summed E-state index contributed by atoms with van der Waals surface area (Å²) in [5, 5.41) is 2.71. The van der Waals surface area contributed by atoms with Gasteiger partial charge in [0.25, 0.3) is 5.91 Å². The number of rotatable bonds is 6. The van der Waals surface area contributed by atoms with Crippen LogP contribution in [0.2, 0.25) is 0 Å². The van der Waals surface area contributed by atoms with Gasteiger partial charge in [0, 0.05) is 12.1 Å². The second kappa shape index (κ2) is 8.58. The van der Waals surface area contributed by atoms with Crippen molar-refractivity contribution in [2.75, 3.05) is 27.3 Å². The van der Waals surface area contributed by atoms with Gasteiger partial charge in [0.05, 0.1) is 26.8 Å². The highest BCUT2D eigenvalue weighted by Gasteiger charge is 2.30. The SMILES string of the molecule is COc1ccc([C@H]2CCCN2C(=O)CNC(=O)c2ccccc2)cc1OC. The molecule has 1 aliphatic rings. The van der Waals surface area contributed by atoms with Crippen molar-refractivity contribution in [3.8, 4) is 11.5 Å². The van der Waals surface area contributed by atoms with Gasteiger partial charge >= 0.3 is 0 Å². The molecule has 0 radical (unpaired) electrons. The van der Waals surface area contributed by atoms with Crippen molar-refractivity contribution in [2.24, 2.45) is 0 Å². The normalized spacial score (nSPS) is 16.1. The van der Waals surface area contributed by atoms with Gasteiger partial charge in [-0.2, -0.15) is 0 Å². The van der Waals surface area contributed by atoms with Gasteiger partial charge in [-0.15, -0.1) is 0 Å². The Balaban J connectivity index is 1.67. The van der Waals surface area contributed by atoms with E-state index in [9.17, 15) is 9.59 Å². The maximum Gasteiger partial charge on any atom is 0.251 e. The Kier molecular flexibility index (Phi) is 5.96. The molecule has 0 bridgehead atoms.